The van der Waals surface area contributed by atoms with Crippen LogP contribution in [0.2, 0.25) is 0 Å². The minimum Gasteiger partial charge on any atom is -0.503 e. The molecule has 142 valence electrons. The summed E-state index contributed by atoms with van der Waals surface area (Å²) >= 11 is 3.18. The van der Waals surface area contributed by atoms with Crippen LogP contribution >= 0.6 is 15.9 Å². The van der Waals surface area contributed by atoms with Gasteiger partial charge in [0.15, 0.2) is 23.9 Å². The van der Waals surface area contributed by atoms with Crippen molar-refractivity contribution >= 4 is 33.7 Å². The fourth-order valence-corrected chi connectivity index (χ4v) is 2.53. The van der Waals surface area contributed by atoms with Crippen molar-refractivity contribution in [1.82, 2.24) is 5.43 Å². The number of amides is 1. The van der Waals surface area contributed by atoms with Gasteiger partial charge in [0.1, 0.15) is 0 Å². The van der Waals surface area contributed by atoms with E-state index in [0.717, 1.165) is 0 Å². The van der Waals surface area contributed by atoms with Gasteiger partial charge in [-0.15, -0.1) is 0 Å². The molecule has 0 radical (unpaired) electrons. The smallest absolute Gasteiger partial charge is 0.311 e. The highest BCUT2D eigenvalue weighted by Crippen LogP contribution is 2.34. The first-order chi connectivity index (χ1) is 12.8. The van der Waals surface area contributed by atoms with Crippen LogP contribution in [0.15, 0.2) is 39.9 Å². The van der Waals surface area contributed by atoms with E-state index in [-0.39, 0.29) is 22.9 Å². The Hall–Kier alpha value is -3.14. The SMILES string of the molecule is COc1cc(/C=N\NC(=O)COc2ccc(C)cc2[N+](=O)[O-])cc(Br)c1O. The molecule has 0 aromatic heterocycles. The summed E-state index contributed by atoms with van der Waals surface area (Å²) in [6.07, 6.45) is 1.35. The fraction of sp³-hybridized carbons (Fsp3) is 0.176. The Morgan fingerprint density at radius 1 is 1.37 bits per heavy atom. The molecule has 9 nitrogen and oxygen atoms in total. The number of nitro groups is 1. The lowest BCUT2D eigenvalue weighted by molar-refractivity contribution is -0.385. The number of nitrogens with one attached hydrogen (secondary N) is 1. The van der Waals surface area contributed by atoms with Crippen LogP contribution in [0.5, 0.6) is 17.2 Å². The molecule has 2 aromatic rings. The van der Waals surface area contributed by atoms with Gasteiger partial charge in [0.2, 0.25) is 0 Å². The van der Waals surface area contributed by atoms with Gasteiger partial charge in [0.25, 0.3) is 5.91 Å². The maximum Gasteiger partial charge on any atom is 0.311 e. The molecule has 1 amide bonds. The second kappa shape index (κ2) is 8.99. The Bertz CT molecular complexity index is 900. The number of hydrogen-bond acceptors (Lipinski definition) is 7. The van der Waals surface area contributed by atoms with Crippen molar-refractivity contribution < 1.29 is 24.3 Å². The predicted molar refractivity (Wildman–Crippen MR) is 101 cm³/mol. The minimum atomic E-state index is -0.592. The standard InChI is InChI=1S/C17H16BrN3O6/c1-10-3-4-14(13(5-10)21(24)25)27-9-16(22)20-19-8-11-6-12(18)17(23)15(7-11)26-2/h3-8,23H,9H2,1-2H3,(H,20,22)/b19-8-. The Morgan fingerprint density at radius 3 is 2.78 bits per heavy atom. The monoisotopic (exact) mass is 437 g/mol. The van der Waals surface area contributed by atoms with Crippen LogP contribution < -0.4 is 14.9 Å². The second-order valence-electron chi connectivity index (χ2n) is 5.36. The Morgan fingerprint density at radius 2 is 2.11 bits per heavy atom. The highest BCUT2D eigenvalue weighted by atomic mass is 79.9. The molecule has 2 aromatic carbocycles. The van der Waals surface area contributed by atoms with Crippen LogP contribution in [0.3, 0.4) is 0 Å². The summed E-state index contributed by atoms with van der Waals surface area (Å²) < 4.78 is 10.6. The number of carbonyl (C=O) groups is 1. The summed E-state index contributed by atoms with van der Waals surface area (Å²) in [4.78, 5) is 22.3. The molecular formula is C17H16BrN3O6. The summed E-state index contributed by atoms with van der Waals surface area (Å²) in [6.45, 7) is 1.28. The number of nitrogens with zero attached hydrogens (tertiary/aromatic N) is 2. The van der Waals surface area contributed by atoms with E-state index in [0.29, 0.717) is 15.6 Å². The summed E-state index contributed by atoms with van der Waals surface area (Å²) in [5.74, 6) is -0.401. The van der Waals surface area contributed by atoms with Gasteiger partial charge in [-0.3, -0.25) is 14.9 Å². The van der Waals surface area contributed by atoms with Crippen molar-refractivity contribution in [2.24, 2.45) is 5.10 Å². The fourth-order valence-electron chi connectivity index (χ4n) is 2.07. The number of rotatable bonds is 7. The normalized spacial score (nSPS) is 10.6. The number of benzene rings is 2. The number of hydrazone groups is 1. The topological polar surface area (TPSA) is 123 Å². The number of halogens is 1. The number of methoxy groups -OCH3 is 1. The average Bonchev–Trinajstić information content (AvgIpc) is 2.63. The maximum absolute atomic E-state index is 11.8. The molecule has 0 unspecified atom stereocenters. The lowest BCUT2D eigenvalue weighted by atomic mass is 10.2. The molecule has 0 fully saturated rings. The summed E-state index contributed by atoms with van der Waals surface area (Å²) in [5, 5.41) is 24.5. The third kappa shape index (κ3) is 5.42. The highest BCUT2D eigenvalue weighted by Gasteiger charge is 2.16. The Kier molecular flexibility index (Phi) is 6.72. The third-order valence-electron chi connectivity index (χ3n) is 3.34. The molecule has 0 saturated carbocycles. The van der Waals surface area contributed by atoms with Crippen molar-refractivity contribution in [2.45, 2.75) is 6.92 Å². The van der Waals surface area contributed by atoms with E-state index in [4.69, 9.17) is 9.47 Å². The average molecular weight is 438 g/mol. The first-order valence-corrected chi connectivity index (χ1v) is 8.37. The number of aromatic hydroxyl groups is 1. The first-order valence-electron chi connectivity index (χ1n) is 7.58. The van der Waals surface area contributed by atoms with Gasteiger partial charge in [-0.05, 0) is 52.2 Å². The highest BCUT2D eigenvalue weighted by molar-refractivity contribution is 9.10. The molecule has 2 N–H and O–H groups in total. The van der Waals surface area contributed by atoms with Gasteiger partial charge in [0.05, 0.1) is 22.7 Å². The molecule has 0 aliphatic rings. The second-order valence-corrected chi connectivity index (χ2v) is 6.22. The van der Waals surface area contributed by atoms with Crippen molar-refractivity contribution in [3.8, 4) is 17.2 Å². The quantitative estimate of drug-likeness (QED) is 0.389. The number of ether oxygens (including phenoxy) is 2. The molecule has 2 rings (SSSR count). The van der Waals surface area contributed by atoms with Gasteiger partial charge in [-0.1, -0.05) is 6.07 Å². The molecule has 0 bridgehead atoms. The number of nitro benzene ring substituents is 1. The van der Waals surface area contributed by atoms with Crippen LogP contribution in [0.25, 0.3) is 0 Å². The Labute approximate surface area is 162 Å². The molecule has 0 aliphatic carbocycles. The molecule has 10 heteroatoms. The van der Waals surface area contributed by atoms with E-state index < -0.39 is 17.4 Å². The number of phenolic OH excluding ortho intramolecular Hbond substituents is 1. The number of phenols is 1. The van der Waals surface area contributed by atoms with Gasteiger partial charge < -0.3 is 14.6 Å². The van der Waals surface area contributed by atoms with Crippen molar-refractivity contribution in [3.63, 3.8) is 0 Å². The summed E-state index contributed by atoms with van der Waals surface area (Å²) in [5.41, 5.74) is 3.30. The van der Waals surface area contributed by atoms with Crippen LogP contribution in [0.1, 0.15) is 11.1 Å². The molecule has 0 aliphatic heterocycles. The van der Waals surface area contributed by atoms with E-state index in [1.54, 1.807) is 19.1 Å². The molecular weight excluding hydrogens is 422 g/mol. The van der Waals surface area contributed by atoms with E-state index in [1.165, 1.54) is 31.5 Å². The molecule has 0 saturated heterocycles. The first kappa shape index (κ1) is 20.2. The lowest BCUT2D eigenvalue weighted by Gasteiger charge is -2.07. The van der Waals surface area contributed by atoms with Crippen LogP contribution in [0, 0.1) is 17.0 Å². The molecule has 0 atom stereocenters. The number of aryl methyl sites for hydroxylation is 1. The van der Waals surface area contributed by atoms with Gasteiger partial charge in [-0.25, -0.2) is 5.43 Å². The van der Waals surface area contributed by atoms with Gasteiger partial charge in [0, 0.05) is 6.07 Å². The van der Waals surface area contributed by atoms with Gasteiger partial charge in [-0.2, -0.15) is 5.10 Å². The zero-order valence-corrected chi connectivity index (χ0v) is 16.0. The van der Waals surface area contributed by atoms with Crippen LogP contribution in [-0.2, 0) is 4.79 Å². The zero-order valence-electron chi connectivity index (χ0n) is 14.4. The number of carbonyl (C=O) groups excluding carboxylic acids is 1. The minimum absolute atomic E-state index is 0.00284. The molecule has 27 heavy (non-hydrogen) atoms. The molecule has 0 spiro atoms. The molecule has 0 heterocycles. The zero-order chi connectivity index (χ0) is 20.0. The van der Waals surface area contributed by atoms with Gasteiger partial charge >= 0.3 is 5.69 Å². The Balaban J connectivity index is 1.97. The third-order valence-corrected chi connectivity index (χ3v) is 3.95. The largest absolute Gasteiger partial charge is 0.503 e. The van der Waals surface area contributed by atoms with E-state index in [1.807, 2.05) is 0 Å². The summed E-state index contributed by atoms with van der Waals surface area (Å²) in [6, 6.07) is 7.56. The summed E-state index contributed by atoms with van der Waals surface area (Å²) in [7, 11) is 1.41. The van der Waals surface area contributed by atoms with Crippen molar-refractivity contribution in [3.05, 3.63) is 56.0 Å². The maximum atomic E-state index is 11.8. The van der Waals surface area contributed by atoms with Crippen molar-refractivity contribution in [1.29, 1.82) is 0 Å². The van der Waals surface area contributed by atoms with Crippen LogP contribution in [0.4, 0.5) is 5.69 Å². The predicted octanol–water partition coefficient (Wildman–Crippen LogP) is 2.91. The van der Waals surface area contributed by atoms with Crippen molar-refractivity contribution in [2.75, 3.05) is 13.7 Å². The van der Waals surface area contributed by atoms with E-state index in [9.17, 15) is 20.0 Å². The van der Waals surface area contributed by atoms with E-state index in [2.05, 4.69) is 26.5 Å². The van der Waals surface area contributed by atoms with E-state index >= 15 is 0 Å². The van der Waals surface area contributed by atoms with Crippen LogP contribution in [-0.4, -0.2) is 35.9 Å². The lowest BCUT2D eigenvalue weighted by Crippen LogP contribution is -2.24. The number of hydrogen-bond donors (Lipinski definition) is 2.